The molecule has 1 aromatic heterocycles. The van der Waals surface area contributed by atoms with Crippen LogP contribution >= 0.6 is 23.2 Å². The summed E-state index contributed by atoms with van der Waals surface area (Å²) >= 11 is 12.6. The number of carbonyl (C=O) groups excluding carboxylic acids is 2. The molecule has 2 aromatic rings. The van der Waals surface area contributed by atoms with Gasteiger partial charge in [-0.3, -0.25) is 14.6 Å². The van der Waals surface area contributed by atoms with E-state index < -0.39 is 5.41 Å². The van der Waals surface area contributed by atoms with Gasteiger partial charge in [-0.05, 0) is 55.5 Å². The standard InChI is InChI=1S/C23H25Cl2N3O3/c24-17-3-4-19(20(25)14-17)23(7-12-31-13-8-23)22(30)28-10-5-18(6-11-28)27-21(29)16-2-1-9-26-15-16/h1-4,9,14-15,18H,5-8,10-13H2,(H,27,29). The highest BCUT2D eigenvalue weighted by molar-refractivity contribution is 6.35. The monoisotopic (exact) mass is 461 g/mol. The number of halogens is 2. The van der Waals surface area contributed by atoms with Crippen molar-refractivity contribution in [3.8, 4) is 0 Å². The molecule has 0 bridgehead atoms. The van der Waals surface area contributed by atoms with Crippen LogP contribution in [-0.2, 0) is 14.9 Å². The molecule has 0 atom stereocenters. The molecule has 0 unspecified atom stereocenters. The molecule has 6 nitrogen and oxygen atoms in total. The highest BCUT2D eigenvalue weighted by Gasteiger charge is 2.45. The summed E-state index contributed by atoms with van der Waals surface area (Å²) in [5.41, 5.74) is 0.657. The summed E-state index contributed by atoms with van der Waals surface area (Å²) in [5, 5.41) is 4.12. The molecule has 2 amide bonds. The molecule has 8 heteroatoms. The maximum atomic E-state index is 13.7. The van der Waals surface area contributed by atoms with Crippen LogP contribution in [0.5, 0.6) is 0 Å². The number of likely N-dealkylation sites (tertiary alicyclic amines) is 1. The summed E-state index contributed by atoms with van der Waals surface area (Å²) < 4.78 is 5.56. The largest absolute Gasteiger partial charge is 0.381 e. The summed E-state index contributed by atoms with van der Waals surface area (Å²) in [6.45, 7) is 2.21. The highest BCUT2D eigenvalue weighted by atomic mass is 35.5. The number of ether oxygens (including phenoxy) is 1. The van der Waals surface area contributed by atoms with Gasteiger partial charge in [0.05, 0.1) is 11.0 Å². The number of nitrogens with one attached hydrogen (secondary N) is 1. The zero-order valence-electron chi connectivity index (χ0n) is 17.2. The van der Waals surface area contributed by atoms with Crippen LogP contribution in [0.2, 0.25) is 10.0 Å². The van der Waals surface area contributed by atoms with E-state index in [0.717, 1.165) is 5.56 Å². The second-order valence-electron chi connectivity index (χ2n) is 8.10. The van der Waals surface area contributed by atoms with E-state index in [1.807, 2.05) is 11.0 Å². The molecule has 3 heterocycles. The number of amides is 2. The van der Waals surface area contributed by atoms with Crippen molar-refractivity contribution in [1.82, 2.24) is 15.2 Å². The van der Waals surface area contributed by atoms with Crippen LogP contribution in [0.3, 0.4) is 0 Å². The van der Waals surface area contributed by atoms with Crippen molar-refractivity contribution < 1.29 is 14.3 Å². The molecule has 31 heavy (non-hydrogen) atoms. The minimum absolute atomic E-state index is 0.0292. The minimum Gasteiger partial charge on any atom is -0.381 e. The number of aromatic nitrogens is 1. The highest BCUT2D eigenvalue weighted by Crippen LogP contribution is 2.41. The predicted molar refractivity (Wildman–Crippen MR) is 119 cm³/mol. The Bertz CT molecular complexity index is 940. The second kappa shape index (κ2) is 9.55. The van der Waals surface area contributed by atoms with Gasteiger partial charge in [0.25, 0.3) is 5.91 Å². The SMILES string of the molecule is O=C(NC1CCN(C(=O)C2(c3ccc(Cl)cc3Cl)CCOCC2)CC1)c1cccnc1. The second-order valence-corrected chi connectivity index (χ2v) is 8.94. The summed E-state index contributed by atoms with van der Waals surface area (Å²) in [4.78, 5) is 32.0. The fourth-order valence-corrected chi connectivity index (χ4v) is 5.08. The quantitative estimate of drug-likeness (QED) is 0.749. The molecule has 0 spiro atoms. The Hall–Kier alpha value is -2.15. The van der Waals surface area contributed by atoms with Crippen molar-refractivity contribution in [3.05, 3.63) is 63.9 Å². The van der Waals surface area contributed by atoms with E-state index >= 15 is 0 Å². The lowest BCUT2D eigenvalue weighted by Gasteiger charge is -2.42. The van der Waals surface area contributed by atoms with Gasteiger partial charge in [-0.15, -0.1) is 0 Å². The van der Waals surface area contributed by atoms with E-state index in [-0.39, 0.29) is 17.9 Å². The molecular weight excluding hydrogens is 437 g/mol. The fourth-order valence-electron chi connectivity index (χ4n) is 4.49. The number of pyridine rings is 1. The molecule has 2 fully saturated rings. The summed E-state index contributed by atoms with van der Waals surface area (Å²) in [5.74, 6) is -0.0521. The Morgan fingerprint density at radius 2 is 1.87 bits per heavy atom. The molecule has 0 saturated carbocycles. The predicted octanol–water partition coefficient (Wildman–Crippen LogP) is 3.86. The number of carbonyl (C=O) groups is 2. The third-order valence-corrected chi connectivity index (χ3v) is 6.79. The Labute approximate surface area is 191 Å². The van der Waals surface area contributed by atoms with Gasteiger partial charge in [0.2, 0.25) is 5.91 Å². The Balaban J connectivity index is 1.45. The molecular formula is C23H25Cl2N3O3. The molecule has 1 N–H and O–H groups in total. The number of nitrogens with zero attached hydrogens (tertiary/aromatic N) is 2. The van der Waals surface area contributed by atoms with Crippen LogP contribution in [0.1, 0.15) is 41.6 Å². The first kappa shape index (κ1) is 22.1. The number of hydrogen-bond acceptors (Lipinski definition) is 4. The number of piperidine rings is 1. The van der Waals surface area contributed by atoms with Crippen LogP contribution in [0.4, 0.5) is 0 Å². The van der Waals surface area contributed by atoms with Crippen LogP contribution in [-0.4, -0.2) is 54.0 Å². The Morgan fingerprint density at radius 1 is 1.13 bits per heavy atom. The van der Waals surface area contributed by atoms with Crippen molar-refractivity contribution >= 4 is 35.0 Å². The van der Waals surface area contributed by atoms with Crippen LogP contribution in [0.15, 0.2) is 42.7 Å². The van der Waals surface area contributed by atoms with Crippen LogP contribution < -0.4 is 5.32 Å². The first-order chi connectivity index (χ1) is 15.0. The van der Waals surface area contributed by atoms with Gasteiger partial charge in [-0.1, -0.05) is 29.3 Å². The van der Waals surface area contributed by atoms with E-state index in [2.05, 4.69) is 10.3 Å². The Morgan fingerprint density at radius 3 is 2.52 bits per heavy atom. The van der Waals surface area contributed by atoms with Crippen LogP contribution in [0, 0.1) is 0 Å². The van der Waals surface area contributed by atoms with Gasteiger partial charge in [0, 0.05) is 54.8 Å². The zero-order chi connectivity index (χ0) is 21.8. The summed E-state index contributed by atoms with van der Waals surface area (Å²) in [7, 11) is 0. The van der Waals surface area contributed by atoms with Crippen molar-refractivity contribution in [3.63, 3.8) is 0 Å². The van der Waals surface area contributed by atoms with Gasteiger partial charge in [-0.2, -0.15) is 0 Å². The first-order valence-electron chi connectivity index (χ1n) is 10.5. The van der Waals surface area contributed by atoms with Crippen LogP contribution in [0.25, 0.3) is 0 Å². The molecule has 1 aromatic carbocycles. The van der Waals surface area contributed by atoms with Gasteiger partial charge in [-0.25, -0.2) is 0 Å². The average Bonchev–Trinajstić information content (AvgIpc) is 2.80. The van der Waals surface area contributed by atoms with Crippen molar-refractivity contribution in [2.45, 2.75) is 37.1 Å². The van der Waals surface area contributed by atoms with Gasteiger partial charge in [0.15, 0.2) is 0 Å². The zero-order valence-corrected chi connectivity index (χ0v) is 18.7. The van der Waals surface area contributed by atoms with E-state index in [1.165, 1.54) is 0 Å². The maximum Gasteiger partial charge on any atom is 0.253 e. The van der Waals surface area contributed by atoms with E-state index in [0.29, 0.717) is 67.6 Å². The summed E-state index contributed by atoms with van der Waals surface area (Å²) in [6, 6.07) is 8.87. The topological polar surface area (TPSA) is 71.5 Å². The van der Waals surface area contributed by atoms with Gasteiger partial charge < -0.3 is 15.0 Å². The number of hydrogen-bond donors (Lipinski definition) is 1. The molecule has 2 aliphatic heterocycles. The third-order valence-electron chi connectivity index (χ3n) is 6.24. The lowest BCUT2D eigenvalue weighted by atomic mass is 9.72. The van der Waals surface area contributed by atoms with E-state index in [4.69, 9.17) is 27.9 Å². The number of rotatable bonds is 4. The first-order valence-corrected chi connectivity index (χ1v) is 11.3. The smallest absolute Gasteiger partial charge is 0.253 e. The normalized spacial score (nSPS) is 19.1. The molecule has 0 aliphatic carbocycles. The summed E-state index contributed by atoms with van der Waals surface area (Å²) in [6.07, 6.45) is 5.78. The molecule has 2 saturated heterocycles. The fraction of sp³-hybridized carbons (Fsp3) is 0.435. The molecule has 0 radical (unpaired) electrons. The van der Waals surface area contributed by atoms with E-state index in [9.17, 15) is 9.59 Å². The number of benzene rings is 1. The molecule has 164 valence electrons. The average molecular weight is 462 g/mol. The van der Waals surface area contributed by atoms with Crippen molar-refractivity contribution in [1.29, 1.82) is 0 Å². The lowest BCUT2D eigenvalue weighted by molar-refractivity contribution is -0.142. The Kier molecular flexibility index (Phi) is 6.80. The van der Waals surface area contributed by atoms with Crippen molar-refractivity contribution in [2.75, 3.05) is 26.3 Å². The van der Waals surface area contributed by atoms with E-state index in [1.54, 1.807) is 36.7 Å². The van der Waals surface area contributed by atoms with Crippen molar-refractivity contribution in [2.24, 2.45) is 0 Å². The lowest BCUT2D eigenvalue weighted by Crippen LogP contribution is -2.54. The molecule has 4 rings (SSSR count). The third kappa shape index (κ3) is 4.71. The maximum absolute atomic E-state index is 13.7. The minimum atomic E-state index is -0.703. The molecule has 2 aliphatic rings. The van der Waals surface area contributed by atoms with Gasteiger partial charge >= 0.3 is 0 Å². The van der Waals surface area contributed by atoms with Gasteiger partial charge in [0.1, 0.15) is 0 Å².